The fourth-order valence-corrected chi connectivity index (χ4v) is 2.66. The van der Waals surface area contributed by atoms with Gasteiger partial charge in [-0.25, -0.2) is 9.78 Å². The van der Waals surface area contributed by atoms with Gasteiger partial charge in [-0.05, 0) is 37.3 Å². The average molecular weight is 381 g/mol. The Morgan fingerprint density at radius 3 is 2.75 bits per heavy atom. The summed E-state index contributed by atoms with van der Waals surface area (Å²) in [4.78, 5) is 28.9. The van der Waals surface area contributed by atoms with E-state index in [1.54, 1.807) is 31.2 Å². The molecular formula is C19H15N3O6. The van der Waals surface area contributed by atoms with Gasteiger partial charge < -0.3 is 23.4 Å². The molecule has 0 aliphatic carbocycles. The van der Waals surface area contributed by atoms with Crippen LogP contribution in [0.5, 0.6) is 0 Å². The van der Waals surface area contributed by atoms with Gasteiger partial charge >= 0.3 is 5.97 Å². The van der Waals surface area contributed by atoms with Crippen molar-refractivity contribution in [1.82, 2.24) is 15.5 Å². The first-order valence-electron chi connectivity index (χ1n) is 8.39. The quantitative estimate of drug-likeness (QED) is 0.506. The van der Waals surface area contributed by atoms with Crippen LogP contribution in [0.15, 0.2) is 56.2 Å². The largest absolute Gasteiger partial charge is 0.467 e. The van der Waals surface area contributed by atoms with Gasteiger partial charge in [0.1, 0.15) is 11.5 Å². The summed E-state index contributed by atoms with van der Waals surface area (Å²) in [5, 5.41) is 6.88. The molecule has 0 unspecified atom stereocenters. The number of pyridine rings is 1. The summed E-state index contributed by atoms with van der Waals surface area (Å²) >= 11 is 0. The van der Waals surface area contributed by atoms with Crippen molar-refractivity contribution in [3.8, 4) is 11.5 Å². The molecule has 9 nitrogen and oxygen atoms in total. The minimum atomic E-state index is -0.695. The Kier molecular flexibility index (Phi) is 4.63. The lowest BCUT2D eigenvalue weighted by Gasteiger charge is -2.07. The molecule has 0 aliphatic heterocycles. The first-order valence-corrected chi connectivity index (χ1v) is 8.39. The molecule has 28 heavy (non-hydrogen) atoms. The fourth-order valence-electron chi connectivity index (χ4n) is 2.66. The number of rotatable bonds is 6. The van der Waals surface area contributed by atoms with Crippen LogP contribution in [0.2, 0.25) is 0 Å². The number of carbonyl (C=O) groups is 2. The van der Waals surface area contributed by atoms with Gasteiger partial charge in [0.2, 0.25) is 0 Å². The third kappa shape index (κ3) is 3.50. The number of esters is 1. The second-order valence-electron chi connectivity index (χ2n) is 5.91. The predicted molar refractivity (Wildman–Crippen MR) is 95.1 cm³/mol. The van der Waals surface area contributed by atoms with Crippen molar-refractivity contribution in [2.45, 2.75) is 13.5 Å². The molecule has 9 heteroatoms. The molecule has 4 heterocycles. The van der Waals surface area contributed by atoms with E-state index in [9.17, 15) is 9.59 Å². The van der Waals surface area contributed by atoms with Gasteiger partial charge in [-0.3, -0.25) is 4.79 Å². The van der Waals surface area contributed by atoms with Crippen molar-refractivity contribution in [3.05, 3.63) is 59.9 Å². The molecule has 0 fully saturated rings. The smallest absolute Gasteiger partial charge is 0.339 e. The number of furan rings is 2. The van der Waals surface area contributed by atoms with Crippen LogP contribution >= 0.6 is 0 Å². The maximum absolute atomic E-state index is 12.6. The Morgan fingerprint density at radius 1 is 1.18 bits per heavy atom. The van der Waals surface area contributed by atoms with Crippen LogP contribution in [0.1, 0.15) is 21.8 Å². The highest BCUT2D eigenvalue weighted by atomic mass is 16.5. The predicted octanol–water partition coefficient (Wildman–Crippen LogP) is 2.86. The van der Waals surface area contributed by atoms with Crippen LogP contribution in [0.25, 0.3) is 22.6 Å². The van der Waals surface area contributed by atoms with E-state index < -0.39 is 18.5 Å². The van der Waals surface area contributed by atoms with Gasteiger partial charge in [0.15, 0.2) is 12.4 Å². The summed E-state index contributed by atoms with van der Waals surface area (Å²) in [6.07, 6.45) is 3.00. The summed E-state index contributed by atoms with van der Waals surface area (Å²) in [5.74, 6) is -0.0945. The molecule has 142 valence electrons. The molecular weight excluding hydrogens is 366 g/mol. The van der Waals surface area contributed by atoms with Crippen LogP contribution in [0, 0.1) is 6.92 Å². The molecule has 1 N–H and O–H groups in total. The summed E-state index contributed by atoms with van der Waals surface area (Å²) < 4.78 is 20.8. The topological polar surface area (TPSA) is 121 Å². The number of hydrogen-bond donors (Lipinski definition) is 1. The zero-order chi connectivity index (χ0) is 19.5. The zero-order valence-corrected chi connectivity index (χ0v) is 14.8. The normalized spacial score (nSPS) is 10.9. The van der Waals surface area contributed by atoms with E-state index in [-0.39, 0.29) is 17.8 Å². The van der Waals surface area contributed by atoms with Crippen molar-refractivity contribution < 1.29 is 27.7 Å². The van der Waals surface area contributed by atoms with Crippen molar-refractivity contribution in [1.29, 1.82) is 0 Å². The van der Waals surface area contributed by atoms with E-state index in [1.807, 2.05) is 0 Å². The van der Waals surface area contributed by atoms with Gasteiger partial charge in [0.25, 0.3) is 11.6 Å². The van der Waals surface area contributed by atoms with E-state index in [0.29, 0.717) is 28.3 Å². The molecule has 0 saturated carbocycles. The molecule has 0 aliphatic rings. The van der Waals surface area contributed by atoms with E-state index in [0.717, 1.165) is 0 Å². The van der Waals surface area contributed by atoms with E-state index in [2.05, 4.69) is 15.5 Å². The minimum absolute atomic E-state index is 0.181. The maximum atomic E-state index is 12.6. The van der Waals surface area contributed by atoms with Gasteiger partial charge in [-0.2, -0.15) is 0 Å². The standard InChI is InChI=1S/C19H15N3O6/c1-11-17-13(8-14(15-5-3-7-26-15)21-18(17)28-22-11)19(24)27-10-16(23)20-9-12-4-2-6-25-12/h2-8H,9-10H2,1H3,(H,20,23). The first-order chi connectivity index (χ1) is 13.6. The third-order valence-corrected chi connectivity index (χ3v) is 3.98. The van der Waals surface area contributed by atoms with Gasteiger partial charge in [-0.1, -0.05) is 5.16 Å². The Bertz CT molecular complexity index is 1110. The number of ether oxygens (including phenoxy) is 1. The number of aryl methyl sites for hydroxylation is 1. The van der Waals surface area contributed by atoms with Gasteiger partial charge in [0, 0.05) is 0 Å². The molecule has 0 aromatic carbocycles. The highest BCUT2D eigenvalue weighted by Crippen LogP contribution is 2.27. The Hall–Kier alpha value is -3.88. The molecule has 0 atom stereocenters. The highest BCUT2D eigenvalue weighted by molar-refractivity contribution is 6.04. The number of nitrogens with zero attached hydrogens (tertiary/aromatic N) is 2. The lowest BCUT2D eigenvalue weighted by Crippen LogP contribution is -2.28. The number of amides is 1. The number of hydrogen-bond acceptors (Lipinski definition) is 8. The van der Waals surface area contributed by atoms with E-state index >= 15 is 0 Å². The van der Waals surface area contributed by atoms with Crippen LogP contribution < -0.4 is 5.32 Å². The molecule has 1 amide bonds. The second-order valence-corrected chi connectivity index (χ2v) is 5.91. The number of nitrogens with one attached hydrogen (secondary N) is 1. The second kappa shape index (κ2) is 7.39. The van der Waals surface area contributed by atoms with Crippen molar-refractivity contribution in [2.24, 2.45) is 0 Å². The number of carbonyl (C=O) groups excluding carboxylic acids is 2. The molecule has 0 bridgehead atoms. The summed E-state index contributed by atoms with van der Waals surface area (Å²) in [6.45, 7) is 1.45. The van der Waals surface area contributed by atoms with E-state index in [4.69, 9.17) is 18.1 Å². The number of fused-ring (bicyclic) bond motifs is 1. The third-order valence-electron chi connectivity index (χ3n) is 3.98. The van der Waals surface area contributed by atoms with Crippen molar-refractivity contribution >= 4 is 23.0 Å². The van der Waals surface area contributed by atoms with Crippen LogP contribution in [0.4, 0.5) is 0 Å². The first kappa shape index (κ1) is 17.5. The molecule has 4 aromatic heterocycles. The summed E-state index contributed by atoms with van der Waals surface area (Å²) in [5.41, 5.74) is 1.25. The maximum Gasteiger partial charge on any atom is 0.339 e. The fraction of sp³-hybridized carbons (Fsp3) is 0.158. The molecule has 4 aromatic rings. The average Bonchev–Trinajstić information content (AvgIpc) is 3.46. The SMILES string of the molecule is Cc1noc2nc(-c3ccco3)cc(C(=O)OCC(=O)NCc3ccco3)c12. The molecule has 0 spiro atoms. The monoisotopic (exact) mass is 381 g/mol. The van der Waals surface area contributed by atoms with Gasteiger partial charge in [-0.15, -0.1) is 0 Å². The molecule has 0 saturated heterocycles. The lowest BCUT2D eigenvalue weighted by molar-refractivity contribution is -0.124. The Labute approximate surface area is 158 Å². The van der Waals surface area contributed by atoms with Crippen LogP contribution in [-0.2, 0) is 16.1 Å². The van der Waals surface area contributed by atoms with Crippen molar-refractivity contribution in [2.75, 3.05) is 6.61 Å². The molecule has 4 rings (SSSR count). The van der Waals surface area contributed by atoms with Crippen LogP contribution in [-0.4, -0.2) is 28.6 Å². The summed E-state index contributed by atoms with van der Waals surface area (Å²) in [6, 6.07) is 8.37. The lowest BCUT2D eigenvalue weighted by atomic mass is 10.1. The van der Waals surface area contributed by atoms with Gasteiger partial charge in [0.05, 0.1) is 35.7 Å². The van der Waals surface area contributed by atoms with Crippen LogP contribution in [0.3, 0.4) is 0 Å². The zero-order valence-electron chi connectivity index (χ0n) is 14.8. The van der Waals surface area contributed by atoms with E-state index in [1.165, 1.54) is 18.6 Å². The Balaban J connectivity index is 1.51. The van der Waals surface area contributed by atoms with Crippen molar-refractivity contribution in [3.63, 3.8) is 0 Å². The summed E-state index contributed by atoms with van der Waals surface area (Å²) in [7, 11) is 0. The number of aromatic nitrogens is 2. The minimum Gasteiger partial charge on any atom is -0.467 e. The molecule has 0 radical (unpaired) electrons. The Morgan fingerprint density at radius 2 is 2.00 bits per heavy atom. The highest BCUT2D eigenvalue weighted by Gasteiger charge is 2.21.